The van der Waals surface area contributed by atoms with Gasteiger partial charge in [0.25, 0.3) is 0 Å². The first-order valence-electron chi connectivity index (χ1n) is 8.04. The molecule has 0 aromatic heterocycles. The molecule has 2 aliphatic carbocycles. The Bertz CT molecular complexity index is 523. The number of ether oxygens (including phenoxy) is 1. The minimum Gasteiger partial charge on any atom is -0.496 e. The summed E-state index contributed by atoms with van der Waals surface area (Å²) in [7, 11) is 1.82. The number of benzene rings is 1. The molecule has 1 aromatic rings. The van der Waals surface area contributed by atoms with E-state index in [-0.39, 0.29) is 5.41 Å². The maximum Gasteiger partial charge on any atom is 0.126 e. The van der Waals surface area contributed by atoms with E-state index in [0.29, 0.717) is 0 Å². The molecule has 1 fully saturated rings. The second kappa shape index (κ2) is 5.07. The van der Waals surface area contributed by atoms with Crippen LogP contribution in [0.15, 0.2) is 0 Å². The van der Waals surface area contributed by atoms with E-state index >= 15 is 0 Å². The predicted molar refractivity (Wildman–Crippen MR) is 83.7 cm³/mol. The molecule has 2 aliphatic rings. The summed E-state index contributed by atoms with van der Waals surface area (Å²) in [5.41, 5.74) is 13.8. The van der Waals surface area contributed by atoms with Gasteiger partial charge in [-0.1, -0.05) is 6.42 Å². The minimum absolute atomic E-state index is 0.187. The van der Waals surface area contributed by atoms with E-state index in [9.17, 15) is 0 Å². The molecule has 1 saturated carbocycles. The largest absolute Gasteiger partial charge is 0.496 e. The zero-order chi connectivity index (χ0) is 14.3. The Balaban J connectivity index is 2.25. The fourth-order valence-electron chi connectivity index (χ4n) is 4.43. The lowest BCUT2D eigenvalue weighted by molar-refractivity contribution is 0.241. The highest BCUT2D eigenvalue weighted by Crippen LogP contribution is 2.51. The molecular formula is C18H27NO. The smallest absolute Gasteiger partial charge is 0.126 e. The Labute approximate surface area is 122 Å². The number of fused-ring (bicyclic) bond motifs is 1. The van der Waals surface area contributed by atoms with Gasteiger partial charge in [0.15, 0.2) is 0 Å². The molecule has 110 valence electrons. The lowest BCUT2D eigenvalue weighted by atomic mass is 9.61. The Kier molecular flexibility index (Phi) is 3.53. The lowest BCUT2D eigenvalue weighted by Crippen LogP contribution is -2.43. The van der Waals surface area contributed by atoms with E-state index in [2.05, 4.69) is 13.8 Å². The SMILES string of the molecule is COc1c(C)c2c(c(C)c1C1(CN)CCC1)CCCC2. The Morgan fingerprint density at radius 2 is 1.60 bits per heavy atom. The van der Waals surface area contributed by atoms with Crippen molar-refractivity contribution in [3.05, 3.63) is 27.8 Å². The van der Waals surface area contributed by atoms with E-state index in [4.69, 9.17) is 10.5 Å². The van der Waals surface area contributed by atoms with Gasteiger partial charge < -0.3 is 10.5 Å². The van der Waals surface area contributed by atoms with Crippen LogP contribution in [0.4, 0.5) is 0 Å². The second-order valence-electron chi connectivity index (χ2n) is 6.66. The fourth-order valence-corrected chi connectivity index (χ4v) is 4.43. The molecule has 2 nitrogen and oxygen atoms in total. The topological polar surface area (TPSA) is 35.2 Å². The molecule has 3 rings (SSSR count). The highest BCUT2D eigenvalue weighted by Gasteiger charge is 2.42. The third kappa shape index (κ3) is 1.81. The van der Waals surface area contributed by atoms with Crippen LogP contribution in [0.3, 0.4) is 0 Å². The summed E-state index contributed by atoms with van der Waals surface area (Å²) in [6.45, 7) is 5.30. The van der Waals surface area contributed by atoms with Crippen LogP contribution in [0.1, 0.15) is 59.9 Å². The van der Waals surface area contributed by atoms with Crippen molar-refractivity contribution < 1.29 is 4.74 Å². The van der Waals surface area contributed by atoms with Gasteiger partial charge in [-0.3, -0.25) is 0 Å². The van der Waals surface area contributed by atoms with Gasteiger partial charge in [0.2, 0.25) is 0 Å². The predicted octanol–water partition coefficient (Wildman–Crippen LogP) is 3.57. The highest BCUT2D eigenvalue weighted by atomic mass is 16.5. The number of hydrogen-bond donors (Lipinski definition) is 1. The van der Waals surface area contributed by atoms with Crippen molar-refractivity contribution >= 4 is 0 Å². The second-order valence-corrected chi connectivity index (χ2v) is 6.66. The molecule has 0 amide bonds. The molecule has 0 radical (unpaired) electrons. The van der Waals surface area contributed by atoms with Crippen molar-refractivity contribution in [1.29, 1.82) is 0 Å². The van der Waals surface area contributed by atoms with Gasteiger partial charge in [-0.05, 0) is 74.6 Å². The minimum atomic E-state index is 0.187. The monoisotopic (exact) mass is 273 g/mol. The average molecular weight is 273 g/mol. The molecule has 0 heterocycles. The number of hydrogen-bond acceptors (Lipinski definition) is 2. The van der Waals surface area contributed by atoms with Crippen LogP contribution in [0.25, 0.3) is 0 Å². The third-order valence-electron chi connectivity index (χ3n) is 5.75. The summed E-state index contributed by atoms with van der Waals surface area (Å²) >= 11 is 0. The van der Waals surface area contributed by atoms with Crippen LogP contribution in [0, 0.1) is 13.8 Å². The van der Waals surface area contributed by atoms with Crippen LogP contribution in [-0.2, 0) is 18.3 Å². The van der Waals surface area contributed by atoms with Gasteiger partial charge in [0, 0.05) is 17.5 Å². The first-order chi connectivity index (χ1) is 9.64. The molecule has 2 N–H and O–H groups in total. The Morgan fingerprint density at radius 1 is 1.00 bits per heavy atom. The van der Waals surface area contributed by atoms with E-state index in [1.807, 2.05) is 7.11 Å². The Hall–Kier alpha value is -1.02. The molecule has 0 saturated heterocycles. The molecule has 20 heavy (non-hydrogen) atoms. The Morgan fingerprint density at radius 3 is 2.05 bits per heavy atom. The summed E-state index contributed by atoms with van der Waals surface area (Å²) in [5, 5.41) is 0. The summed E-state index contributed by atoms with van der Waals surface area (Å²) in [6.07, 6.45) is 8.84. The quantitative estimate of drug-likeness (QED) is 0.913. The highest BCUT2D eigenvalue weighted by molar-refractivity contribution is 5.59. The molecular weight excluding hydrogens is 246 g/mol. The first-order valence-corrected chi connectivity index (χ1v) is 8.04. The van der Waals surface area contributed by atoms with Crippen LogP contribution < -0.4 is 10.5 Å². The average Bonchev–Trinajstić information content (AvgIpc) is 2.44. The lowest BCUT2D eigenvalue weighted by Gasteiger charge is -2.44. The fraction of sp³-hybridized carbons (Fsp3) is 0.667. The van der Waals surface area contributed by atoms with Crippen molar-refractivity contribution in [1.82, 2.24) is 0 Å². The van der Waals surface area contributed by atoms with Gasteiger partial charge in [0.05, 0.1) is 7.11 Å². The number of rotatable bonds is 3. The van der Waals surface area contributed by atoms with Crippen molar-refractivity contribution in [2.45, 2.75) is 64.2 Å². The van der Waals surface area contributed by atoms with Crippen molar-refractivity contribution in [3.63, 3.8) is 0 Å². The van der Waals surface area contributed by atoms with Gasteiger partial charge >= 0.3 is 0 Å². The molecule has 2 heteroatoms. The molecule has 0 aliphatic heterocycles. The number of methoxy groups -OCH3 is 1. The summed E-state index contributed by atoms with van der Waals surface area (Å²) in [5.74, 6) is 1.13. The third-order valence-corrected chi connectivity index (χ3v) is 5.75. The van der Waals surface area contributed by atoms with E-state index in [1.54, 1.807) is 11.1 Å². The summed E-state index contributed by atoms with van der Waals surface area (Å²) < 4.78 is 5.85. The van der Waals surface area contributed by atoms with E-state index < -0.39 is 0 Å². The number of nitrogens with two attached hydrogens (primary N) is 1. The normalized spacial score (nSPS) is 20.2. The molecule has 1 aromatic carbocycles. The van der Waals surface area contributed by atoms with Crippen molar-refractivity contribution in [2.24, 2.45) is 5.73 Å². The maximum absolute atomic E-state index is 6.16. The van der Waals surface area contributed by atoms with E-state index in [0.717, 1.165) is 12.3 Å². The van der Waals surface area contributed by atoms with Crippen molar-refractivity contribution in [3.8, 4) is 5.75 Å². The van der Waals surface area contributed by atoms with Gasteiger partial charge in [-0.2, -0.15) is 0 Å². The van der Waals surface area contributed by atoms with Gasteiger partial charge in [-0.15, -0.1) is 0 Å². The van der Waals surface area contributed by atoms with Crippen LogP contribution in [-0.4, -0.2) is 13.7 Å². The zero-order valence-corrected chi connectivity index (χ0v) is 13.1. The zero-order valence-electron chi connectivity index (χ0n) is 13.1. The first kappa shape index (κ1) is 13.9. The van der Waals surface area contributed by atoms with Crippen molar-refractivity contribution in [2.75, 3.05) is 13.7 Å². The van der Waals surface area contributed by atoms with E-state index in [1.165, 1.54) is 61.6 Å². The van der Waals surface area contributed by atoms with Gasteiger partial charge in [-0.25, -0.2) is 0 Å². The van der Waals surface area contributed by atoms with Crippen LogP contribution >= 0.6 is 0 Å². The molecule has 0 bridgehead atoms. The molecule has 0 spiro atoms. The molecule has 0 atom stereocenters. The van der Waals surface area contributed by atoms with Crippen LogP contribution in [0.2, 0.25) is 0 Å². The summed E-state index contributed by atoms with van der Waals surface area (Å²) in [6, 6.07) is 0. The molecule has 0 unspecified atom stereocenters. The van der Waals surface area contributed by atoms with Gasteiger partial charge in [0.1, 0.15) is 5.75 Å². The summed E-state index contributed by atoms with van der Waals surface area (Å²) in [4.78, 5) is 0. The van der Waals surface area contributed by atoms with Crippen LogP contribution in [0.5, 0.6) is 5.75 Å². The maximum atomic E-state index is 6.16. The standard InChI is InChI=1S/C18H27NO/c1-12-14-7-4-5-8-15(14)13(2)17(20-3)16(12)18(11-19)9-6-10-18/h4-11,19H2,1-3H3.